The van der Waals surface area contributed by atoms with Crippen LogP contribution in [0.5, 0.6) is 0 Å². The molecule has 346 valence electrons. The number of carbonyl (C=O) groups is 2. The normalized spacial score (nSPS) is 20.6. The van der Waals surface area contributed by atoms with E-state index in [1.165, 1.54) is 84.7 Å². The monoisotopic (exact) mass is 993 g/mol. The minimum absolute atomic E-state index is 0.0147. The van der Waals surface area contributed by atoms with E-state index in [0.717, 1.165) is 32.6 Å². The van der Waals surface area contributed by atoms with E-state index in [2.05, 4.69) is 0 Å². The van der Waals surface area contributed by atoms with Crippen LogP contribution >= 0.6 is 22.7 Å². The van der Waals surface area contributed by atoms with Crippen LogP contribution in [0.3, 0.4) is 0 Å². The number of fused-ring (bicyclic) bond motifs is 8. The molecule has 2 atom stereocenters. The van der Waals surface area contributed by atoms with E-state index in [-0.39, 0.29) is 67.4 Å². The third kappa shape index (κ3) is 6.66. The van der Waals surface area contributed by atoms with Crippen LogP contribution in [-0.4, -0.2) is 87.3 Å². The van der Waals surface area contributed by atoms with Crippen LogP contribution in [0, 0.1) is 21.7 Å². The SMILES string of the molecule is O=C1c2cc3ccsc3n2CC2(c3ccc(F)cc3)N1CCN2S(=O)(=O)Cc1ccccc1.O=C1c2cc3ccsc3n2CC2(c3ccc(F)cc3)N1CCN2S(=O)(=O)c1ccc([N+](=O)[O-])cc1. The van der Waals surface area contributed by atoms with E-state index in [9.17, 15) is 45.3 Å². The first kappa shape index (κ1) is 43.9. The van der Waals surface area contributed by atoms with Gasteiger partial charge in [-0.15, -0.1) is 22.7 Å². The fraction of sp³-hybridized carbons (Fsp3) is 0.191. The maximum absolute atomic E-state index is 13.9. The van der Waals surface area contributed by atoms with E-state index in [1.54, 1.807) is 47.4 Å². The van der Waals surface area contributed by atoms with Gasteiger partial charge >= 0.3 is 0 Å². The molecule has 8 heterocycles. The molecule has 4 aromatic carbocycles. The lowest BCUT2D eigenvalue weighted by molar-refractivity contribution is -0.384. The van der Waals surface area contributed by atoms with Gasteiger partial charge in [0.2, 0.25) is 20.0 Å². The predicted octanol–water partition coefficient (Wildman–Crippen LogP) is 7.76. The van der Waals surface area contributed by atoms with Crippen molar-refractivity contribution in [2.45, 2.75) is 35.1 Å². The number of nitrogens with zero attached hydrogens (tertiary/aromatic N) is 7. The fourth-order valence-electron chi connectivity index (χ4n) is 10.2. The van der Waals surface area contributed by atoms with Crippen LogP contribution < -0.4 is 0 Å². The number of amides is 2. The number of rotatable bonds is 8. The number of nitro groups is 1. The lowest BCUT2D eigenvalue weighted by Gasteiger charge is -2.46. The Morgan fingerprint density at radius 1 is 0.603 bits per heavy atom. The standard InChI is InChI=1S/C24H20FN3O3S2.C23H17FN4O5S2/c25-20-8-6-19(7-9-20)24-16-26-21(14-18-10-13-32-23(18)26)22(29)27(24)11-12-28(24)33(30,31)15-17-4-2-1-3-5-17;24-17-3-1-16(2-4-17)23-14-25-20(13-15-9-12-34-22(15)25)21(29)26(23)10-11-27(23)35(32,33)19-7-5-18(6-8-19)28(30)31/h1-10,13-14H,11-12,15-16H2;1-9,12-13H,10-11,14H2. The van der Waals surface area contributed by atoms with E-state index in [0.29, 0.717) is 28.1 Å². The first-order valence-corrected chi connectivity index (χ1v) is 26.1. The van der Waals surface area contributed by atoms with E-state index < -0.39 is 47.9 Å². The van der Waals surface area contributed by atoms with Gasteiger partial charge in [0.05, 0.1) is 28.7 Å². The first-order valence-electron chi connectivity index (χ1n) is 21.2. The highest BCUT2D eigenvalue weighted by Crippen LogP contribution is 2.49. The number of aromatic nitrogens is 2. The Hall–Kier alpha value is -6.62. The first-order chi connectivity index (χ1) is 32.6. The van der Waals surface area contributed by atoms with Gasteiger partial charge in [0.1, 0.15) is 32.7 Å². The van der Waals surface area contributed by atoms with Crippen molar-refractivity contribution >= 4 is 80.7 Å². The summed E-state index contributed by atoms with van der Waals surface area (Å²) in [6.07, 6.45) is 0. The average Bonchev–Trinajstić information content (AvgIpc) is 4.19. The van der Waals surface area contributed by atoms with Crippen molar-refractivity contribution in [2.24, 2.45) is 0 Å². The molecule has 0 radical (unpaired) electrons. The quantitative estimate of drug-likeness (QED) is 0.110. The summed E-state index contributed by atoms with van der Waals surface area (Å²) in [7, 11) is -8.02. The average molecular weight is 994 g/mol. The second kappa shape index (κ2) is 16.0. The number of halogens is 2. The van der Waals surface area contributed by atoms with Crippen molar-refractivity contribution in [3.8, 4) is 0 Å². The third-order valence-corrected chi connectivity index (χ3v) is 18.9. The summed E-state index contributed by atoms with van der Waals surface area (Å²) in [5, 5.41) is 16.8. The molecule has 4 aliphatic rings. The molecule has 12 rings (SSSR count). The van der Waals surface area contributed by atoms with Crippen LogP contribution in [0.2, 0.25) is 0 Å². The van der Waals surface area contributed by atoms with Crippen molar-refractivity contribution in [2.75, 3.05) is 26.2 Å². The predicted molar refractivity (Wildman–Crippen MR) is 251 cm³/mol. The van der Waals surface area contributed by atoms with Gasteiger partial charge in [-0.05, 0) is 88.1 Å². The Balaban J connectivity index is 0.000000149. The molecule has 0 bridgehead atoms. The maximum Gasteiger partial charge on any atom is 0.272 e. The molecular formula is C47H37F2N7O8S4. The lowest BCUT2D eigenvalue weighted by atomic mass is 9.96. The van der Waals surface area contributed by atoms with Gasteiger partial charge < -0.3 is 18.9 Å². The van der Waals surface area contributed by atoms with Crippen molar-refractivity contribution in [3.05, 3.63) is 188 Å². The largest absolute Gasteiger partial charge is 0.324 e. The number of thiophene rings is 2. The van der Waals surface area contributed by atoms with Crippen LogP contribution in [0.25, 0.3) is 20.4 Å². The minimum Gasteiger partial charge on any atom is -0.324 e. The van der Waals surface area contributed by atoms with Crippen LogP contribution in [0.4, 0.5) is 14.5 Å². The second-order valence-electron chi connectivity index (χ2n) is 16.8. The van der Waals surface area contributed by atoms with E-state index >= 15 is 0 Å². The number of non-ortho nitro benzene ring substituents is 1. The van der Waals surface area contributed by atoms with E-state index in [4.69, 9.17) is 0 Å². The van der Waals surface area contributed by atoms with E-state index in [1.807, 2.05) is 44.2 Å². The summed E-state index contributed by atoms with van der Waals surface area (Å²) in [6.45, 7) is 0.968. The van der Waals surface area contributed by atoms with Gasteiger partial charge in [-0.3, -0.25) is 19.7 Å². The van der Waals surface area contributed by atoms with Crippen molar-refractivity contribution in [1.29, 1.82) is 0 Å². The van der Waals surface area contributed by atoms with Gasteiger partial charge in [0, 0.05) is 49.1 Å². The number of carbonyl (C=O) groups excluding carboxylic acids is 2. The zero-order valence-corrected chi connectivity index (χ0v) is 38.8. The van der Waals surface area contributed by atoms with Crippen LogP contribution in [0.1, 0.15) is 37.7 Å². The van der Waals surface area contributed by atoms with Crippen molar-refractivity contribution in [3.63, 3.8) is 0 Å². The van der Waals surface area contributed by atoms with Gasteiger partial charge in [0.15, 0.2) is 11.3 Å². The summed E-state index contributed by atoms with van der Waals surface area (Å²) in [4.78, 5) is 42.6. The number of nitro benzene ring substituents is 1. The zero-order chi connectivity index (χ0) is 47.3. The van der Waals surface area contributed by atoms with Crippen LogP contribution in [0.15, 0.2) is 143 Å². The minimum atomic E-state index is -4.20. The molecule has 0 aliphatic carbocycles. The molecule has 2 amide bonds. The number of hydrogen-bond donors (Lipinski definition) is 0. The van der Waals surface area contributed by atoms with Crippen LogP contribution in [-0.2, 0) is 50.2 Å². The summed E-state index contributed by atoms with van der Waals surface area (Å²) >= 11 is 2.97. The Kier molecular flexibility index (Phi) is 10.3. The zero-order valence-electron chi connectivity index (χ0n) is 35.5. The Morgan fingerprint density at radius 2 is 1.07 bits per heavy atom. The molecule has 8 aromatic rings. The highest BCUT2D eigenvalue weighted by molar-refractivity contribution is 7.89. The second-order valence-corrected chi connectivity index (χ2v) is 22.3. The molecule has 2 unspecified atom stereocenters. The molecule has 21 heteroatoms. The Labute approximate surface area is 395 Å². The molecule has 0 saturated carbocycles. The Bertz CT molecular complexity index is 3560. The fourth-order valence-corrected chi connectivity index (χ4v) is 15.6. The van der Waals surface area contributed by atoms with Gasteiger partial charge in [-0.1, -0.05) is 54.6 Å². The molecule has 0 N–H and O–H groups in total. The number of sulfonamides is 2. The lowest BCUT2D eigenvalue weighted by Crippen LogP contribution is -2.60. The summed E-state index contributed by atoms with van der Waals surface area (Å²) in [5.74, 6) is -1.60. The molecule has 15 nitrogen and oxygen atoms in total. The molecule has 0 spiro atoms. The third-order valence-electron chi connectivity index (χ3n) is 13.2. The molecule has 4 aliphatic heterocycles. The molecule has 68 heavy (non-hydrogen) atoms. The smallest absolute Gasteiger partial charge is 0.272 e. The molecule has 2 saturated heterocycles. The van der Waals surface area contributed by atoms with Gasteiger partial charge in [0.25, 0.3) is 17.5 Å². The summed E-state index contributed by atoms with van der Waals surface area (Å²) < 4.78 is 89.5. The molecule has 2 fully saturated rings. The highest BCUT2D eigenvalue weighted by atomic mass is 32.2. The van der Waals surface area contributed by atoms with Crippen molar-refractivity contribution in [1.82, 2.24) is 27.5 Å². The Morgan fingerprint density at radius 3 is 1.56 bits per heavy atom. The number of hydrogen-bond acceptors (Lipinski definition) is 10. The summed E-state index contributed by atoms with van der Waals surface area (Å²) in [5.41, 5.74) is -0.194. The summed E-state index contributed by atoms with van der Waals surface area (Å²) in [6, 6.07) is 32.5. The molecular weight excluding hydrogens is 957 g/mol. The molecule has 4 aromatic heterocycles. The van der Waals surface area contributed by atoms with Gasteiger partial charge in [-0.2, -0.15) is 8.61 Å². The topological polar surface area (TPSA) is 168 Å². The van der Waals surface area contributed by atoms with Crippen molar-refractivity contribution < 1.29 is 40.1 Å². The van der Waals surface area contributed by atoms with Gasteiger partial charge in [-0.25, -0.2) is 25.6 Å². The highest BCUT2D eigenvalue weighted by Gasteiger charge is 2.60. The maximum atomic E-state index is 13.9. The number of benzene rings is 4.